The third-order valence-electron chi connectivity index (χ3n) is 2.62. The van der Waals surface area contributed by atoms with Crippen LogP contribution in [0, 0.1) is 6.92 Å². The molecule has 0 amide bonds. The van der Waals surface area contributed by atoms with Crippen molar-refractivity contribution in [3.63, 3.8) is 0 Å². The lowest BCUT2D eigenvalue weighted by Gasteiger charge is -2.03. The van der Waals surface area contributed by atoms with E-state index in [9.17, 15) is 14.7 Å². The Bertz CT molecular complexity index is 707. The highest BCUT2D eigenvalue weighted by molar-refractivity contribution is 7.18. The van der Waals surface area contributed by atoms with Crippen molar-refractivity contribution in [2.24, 2.45) is 0 Å². The first-order chi connectivity index (χ1) is 9.90. The molecule has 7 heteroatoms. The molecule has 1 heterocycles. The molecule has 0 radical (unpaired) electrons. The zero-order valence-corrected chi connectivity index (χ0v) is 12.5. The molecule has 0 fully saturated rings. The van der Waals surface area contributed by atoms with Gasteiger partial charge in [0.15, 0.2) is 17.2 Å². The average molecular weight is 327 g/mol. The van der Waals surface area contributed by atoms with Crippen LogP contribution in [0.15, 0.2) is 24.3 Å². The van der Waals surface area contributed by atoms with Crippen LogP contribution in [-0.4, -0.2) is 28.8 Å². The first-order valence-electron chi connectivity index (χ1n) is 5.87. The minimum absolute atomic E-state index is 0.104. The maximum absolute atomic E-state index is 11.3. The van der Waals surface area contributed by atoms with E-state index < -0.39 is 18.5 Å². The fraction of sp³-hybridized carbons (Fsp3) is 0.143. The average Bonchev–Trinajstić information content (AvgIpc) is 2.73. The van der Waals surface area contributed by atoms with Crippen molar-refractivity contribution in [1.82, 2.24) is 0 Å². The number of thiophene rings is 1. The van der Waals surface area contributed by atoms with E-state index in [1.165, 1.54) is 0 Å². The number of benzene rings is 1. The highest BCUT2D eigenvalue weighted by Gasteiger charge is 2.24. The van der Waals surface area contributed by atoms with Crippen LogP contribution in [-0.2, 0) is 4.79 Å². The van der Waals surface area contributed by atoms with Gasteiger partial charge in [0, 0.05) is 0 Å². The molecule has 0 aliphatic carbocycles. The molecule has 0 aliphatic heterocycles. The van der Waals surface area contributed by atoms with E-state index in [0.29, 0.717) is 4.88 Å². The SMILES string of the molecule is Cc1cccc(-c2sc(C(=O)O)c(OCC(=O)O)c2Cl)c1. The second-order valence-electron chi connectivity index (χ2n) is 4.26. The topological polar surface area (TPSA) is 83.8 Å². The molecule has 2 aromatic rings. The van der Waals surface area contributed by atoms with E-state index in [1.807, 2.05) is 25.1 Å². The van der Waals surface area contributed by atoms with Crippen molar-refractivity contribution >= 4 is 34.9 Å². The van der Waals surface area contributed by atoms with E-state index in [0.717, 1.165) is 22.5 Å². The molecule has 0 saturated heterocycles. The molecule has 1 aromatic carbocycles. The summed E-state index contributed by atoms with van der Waals surface area (Å²) in [5.41, 5.74) is 1.76. The van der Waals surface area contributed by atoms with E-state index in [4.69, 9.17) is 21.4 Å². The van der Waals surface area contributed by atoms with Gasteiger partial charge in [0.05, 0.1) is 4.88 Å². The maximum atomic E-state index is 11.3. The Labute approximate surface area is 129 Å². The molecule has 0 bridgehead atoms. The number of carboxylic acid groups (broad SMARTS) is 2. The van der Waals surface area contributed by atoms with Gasteiger partial charge in [-0.1, -0.05) is 41.4 Å². The normalized spacial score (nSPS) is 10.4. The van der Waals surface area contributed by atoms with Crippen LogP contribution in [0.4, 0.5) is 0 Å². The Morgan fingerprint density at radius 2 is 2.05 bits per heavy atom. The smallest absolute Gasteiger partial charge is 0.349 e. The van der Waals surface area contributed by atoms with Crippen molar-refractivity contribution in [2.45, 2.75) is 6.92 Å². The van der Waals surface area contributed by atoms with Crippen LogP contribution >= 0.6 is 22.9 Å². The molecule has 1 aromatic heterocycles. The van der Waals surface area contributed by atoms with Gasteiger partial charge in [0.2, 0.25) is 0 Å². The first kappa shape index (κ1) is 15.3. The lowest BCUT2D eigenvalue weighted by atomic mass is 10.1. The Balaban J connectivity index is 2.51. The summed E-state index contributed by atoms with van der Waals surface area (Å²) in [6, 6.07) is 7.41. The summed E-state index contributed by atoms with van der Waals surface area (Å²) in [6.45, 7) is 1.26. The van der Waals surface area contributed by atoms with E-state index in [1.54, 1.807) is 6.07 Å². The highest BCUT2D eigenvalue weighted by Crippen LogP contribution is 2.45. The summed E-state index contributed by atoms with van der Waals surface area (Å²) in [4.78, 5) is 22.3. The molecule has 2 rings (SSSR count). The lowest BCUT2D eigenvalue weighted by molar-refractivity contribution is -0.139. The number of hydrogen-bond donors (Lipinski definition) is 2. The molecule has 5 nitrogen and oxygen atoms in total. The lowest BCUT2D eigenvalue weighted by Crippen LogP contribution is -2.10. The molecule has 0 spiro atoms. The number of aliphatic carboxylic acids is 1. The second-order valence-corrected chi connectivity index (χ2v) is 5.66. The Hall–Kier alpha value is -2.05. The molecular formula is C14H11ClO5S. The number of carbonyl (C=O) groups is 2. The van der Waals surface area contributed by atoms with Gasteiger partial charge in [-0.15, -0.1) is 11.3 Å². The van der Waals surface area contributed by atoms with Gasteiger partial charge in [-0.25, -0.2) is 9.59 Å². The number of carboxylic acids is 2. The van der Waals surface area contributed by atoms with Crippen molar-refractivity contribution in [1.29, 1.82) is 0 Å². The number of ether oxygens (including phenoxy) is 1. The molecule has 2 N–H and O–H groups in total. The molecule has 0 saturated carbocycles. The van der Waals surface area contributed by atoms with E-state index >= 15 is 0 Å². The van der Waals surface area contributed by atoms with Crippen molar-refractivity contribution in [3.8, 4) is 16.2 Å². The monoisotopic (exact) mass is 326 g/mol. The fourth-order valence-electron chi connectivity index (χ4n) is 1.77. The highest BCUT2D eigenvalue weighted by atomic mass is 35.5. The molecule has 21 heavy (non-hydrogen) atoms. The van der Waals surface area contributed by atoms with Crippen LogP contribution in [0.25, 0.3) is 10.4 Å². The van der Waals surface area contributed by atoms with Crippen molar-refractivity contribution < 1.29 is 24.5 Å². The zero-order chi connectivity index (χ0) is 15.6. The third kappa shape index (κ3) is 3.34. The van der Waals surface area contributed by atoms with Gasteiger partial charge in [-0.3, -0.25) is 0 Å². The Morgan fingerprint density at radius 1 is 1.33 bits per heavy atom. The summed E-state index contributed by atoms with van der Waals surface area (Å²) in [6.07, 6.45) is 0. The van der Waals surface area contributed by atoms with E-state index in [-0.39, 0.29) is 15.6 Å². The van der Waals surface area contributed by atoms with Gasteiger partial charge in [0.1, 0.15) is 5.02 Å². The Kier molecular flexibility index (Phi) is 4.50. The first-order valence-corrected chi connectivity index (χ1v) is 7.06. The van der Waals surface area contributed by atoms with Gasteiger partial charge >= 0.3 is 11.9 Å². The molecule has 110 valence electrons. The largest absolute Gasteiger partial charge is 0.479 e. The summed E-state index contributed by atoms with van der Waals surface area (Å²) < 4.78 is 5.02. The molecular weight excluding hydrogens is 316 g/mol. The number of aryl methyl sites for hydroxylation is 1. The molecule has 0 unspecified atom stereocenters. The Morgan fingerprint density at radius 3 is 2.62 bits per heavy atom. The standard InChI is InChI=1S/C14H11ClO5S/c1-7-3-2-4-8(5-7)12-10(15)11(20-6-9(16)17)13(21-12)14(18)19/h2-5H,6H2,1H3,(H,16,17)(H,18,19). The fourth-order valence-corrected chi connectivity index (χ4v) is 3.17. The van der Waals surface area contributed by atoms with E-state index in [2.05, 4.69) is 0 Å². The van der Waals surface area contributed by atoms with Crippen LogP contribution in [0.2, 0.25) is 5.02 Å². The predicted molar refractivity (Wildman–Crippen MR) is 79.6 cm³/mol. The second kappa shape index (κ2) is 6.15. The third-order valence-corrected chi connectivity index (χ3v) is 4.30. The predicted octanol–water partition coefficient (Wildman–Crippen LogP) is 3.54. The summed E-state index contributed by atoms with van der Waals surface area (Å²) in [5, 5.41) is 18.0. The summed E-state index contributed by atoms with van der Waals surface area (Å²) >= 11 is 7.13. The summed E-state index contributed by atoms with van der Waals surface area (Å²) in [7, 11) is 0. The minimum atomic E-state index is -1.21. The number of aromatic carboxylic acids is 1. The molecule has 0 atom stereocenters. The van der Waals surface area contributed by atoms with Crippen molar-refractivity contribution in [2.75, 3.05) is 6.61 Å². The van der Waals surface area contributed by atoms with Crippen molar-refractivity contribution in [3.05, 3.63) is 39.7 Å². The van der Waals surface area contributed by atoms with Gasteiger partial charge in [-0.05, 0) is 12.5 Å². The number of rotatable bonds is 5. The molecule has 0 aliphatic rings. The van der Waals surface area contributed by atoms with Gasteiger partial charge < -0.3 is 14.9 Å². The van der Waals surface area contributed by atoms with Gasteiger partial charge in [0.25, 0.3) is 0 Å². The van der Waals surface area contributed by atoms with Crippen LogP contribution < -0.4 is 4.74 Å². The van der Waals surface area contributed by atoms with Crippen LogP contribution in [0.3, 0.4) is 0 Å². The van der Waals surface area contributed by atoms with Crippen LogP contribution in [0.5, 0.6) is 5.75 Å². The zero-order valence-electron chi connectivity index (χ0n) is 10.9. The van der Waals surface area contributed by atoms with Gasteiger partial charge in [-0.2, -0.15) is 0 Å². The van der Waals surface area contributed by atoms with Crippen LogP contribution in [0.1, 0.15) is 15.2 Å². The minimum Gasteiger partial charge on any atom is -0.479 e. The number of hydrogen-bond acceptors (Lipinski definition) is 4. The number of halogens is 1. The quantitative estimate of drug-likeness (QED) is 0.878. The maximum Gasteiger partial charge on any atom is 0.349 e. The summed E-state index contributed by atoms with van der Waals surface area (Å²) in [5.74, 6) is -2.51.